The van der Waals surface area contributed by atoms with Gasteiger partial charge in [0.15, 0.2) is 0 Å². The number of carbonyl (C=O) groups is 2. The fraction of sp³-hybridized carbons (Fsp3) is 0.471. The van der Waals surface area contributed by atoms with Crippen LogP contribution in [0, 0.1) is 5.41 Å². The number of hydrogen-bond donors (Lipinski definition) is 4. The van der Waals surface area contributed by atoms with Crippen molar-refractivity contribution in [2.75, 3.05) is 6.54 Å². The van der Waals surface area contributed by atoms with E-state index in [1.165, 1.54) is 0 Å². The normalized spacial score (nSPS) is 18.2. The Morgan fingerprint density at radius 2 is 2.04 bits per heavy atom. The standard InChI is InChI=1S/C17H25N5O2/c1-2-13(18)17(24)22-9-3-4-14(22)16(23)21-10-11-5-7-12(8-6-11)15(19)20/h5-8,13-14H,2-4,9-10,18H2,1H3,(H3,19,20)(H,21,23)/t13?,14-/m0/s1. The van der Waals surface area contributed by atoms with E-state index in [1.807, 2.05) is 19.1 Å². The quantitative estimate of drug-likeness (QED) is 0.442. The van der Waals surface area contributed by atoms with Crippen molar-refractivity contribution in [2.24, 2.45) is 11.5 Å². The van der Waals surface area contributed by atoms with Crippen LogP contribution in [0.5, 0.6) is 0 Å². The minimum atomic E-state index is -0.544. The molecular formula is C17H25N5O2. The first kappa shape index (κ1) is 17.9. The molecule has 1 fully saturated rings. The van der Waals surface area contributed by atoms with Crippen LogP contribution in [0.1, 0.15) is 37.3 Å². The molecule has 6 N–H and O–H groups in total. The summed E-state index contributed by atoms with van der Waals surface area (Å²) in [6, 6.07) is 6.15. The van der Waals surface area contributed by atoms with Gasteiger partial charge in [0, 0.05) is 18.7 Å². The molecule has 2 rings (SSSR count). The summed E-state index contributed by atoms with van der Waals surface area (Å²) >= 11 is 0. The van der Waals surface area contributed by atoms with Crippen LogP contribution in [0.2, 0.25) is 0 Å². The van der Waals surface area contributed by atoms with Gasteiger partial charge in [-0.25, -0.2) is 0 Å². The van der Waals surface area contributed by atoms with Gasteiger partial charge in [0.05, 0.1) is 6.04 Å². The highest BCUT2D eigenvalue weighted by Crippen LogP contribution is 2.19. The summed E-state index contributed by atoms with van der Waals surface area (Å²) < 4.78 is 0. The maximum absolute atomic E-state index is 12.4. The molecule has 1 unspecified atom stereocenters. The molecule has 2 atom stereocenters. The highest BCUT2D eigenvalue weighted by atomic mass is 16.2. The molecule has 1 aliphatic heterocycles. The van der Waals surface area contributed by atoms with Crippen molar-refractivity contribution in [2.45, 2.75) is 44.8 Å². The van der Waals surface area contributed by atoms with Gasteiger partial charge in [-0.1, -0.05) is 31.2 Å². The Balaban J connectivity index is 1.93. The van der Waals surface area contributed by atoms with Gasteiger partial charge < -0.3 is 21.7 Å². The first-order valence-corrected chi connectivity index (χ1v) is 8.21. The predicted octanol–water partition coefficient (Wildman–Crippen LogP) is 0.315. The van der Waals surface area contributed by atoms with Crippen molar-refractivity contribution in [1.29, 1.82) is 5.41 Å². The third-order valence-corrected chi connectivity index (χ3v) is 4.33. The maximum atomic E-state index is 12.4. The van der Waals surface area contributed by atoms with Crippen molar-refractivity contribution in [3.63, 3.8) is 0 Å². The van der Waals surface area contributed by atoms with Gasteiger partial charge in [0.25, 0.3) is 0 Å². The molecule has 0 spiro atoms. The zero-order valence-corrected chi connectivity index (χ0v) is 13.9. The number of rotatable bonds is 6. The number of hydrogen-bond acceptors (Lipinski definition) is 4. The summed E-state index contributed by atoms with van der Waals surface area (Å²) in [4.78, 5) is 26.3. The molecule has 130 valence electrons. The molecule has 1 aromatic carbocycles. The van der Waals surface area contributed by atoms with Crippen LogP contribution < -0.4 is 16.8 Å². The Hall–Kier alpha value is -2.41. The number of nitrogen functional groups attached to an aromatic ring is 1. The number of amidine groups is 1. The molecule has 0 bridgehead atoms. The number of carbonyl (C=O) groups excluding carboxylic acids is 2. The molecule has 1 aromatic rings. The largest absolute Gasteiger partial charge is 0.384 e. The predicted molar refractivity (Wildman–Crippen MR) is 92.3 cm³/mol. The fourth-order valence-corrected chi connectivity index (χ4v) is 2.80. The fourth-order valence-electron chi connectivity index (χ4n) is 2.80. The van der Waals surface area contributed by atoms with Crippen LogP contribution in [0.25, 0.3) is 0 Å². The number of nitrogens with zero attached hydrogens (tertiary/aromatic N) is 1. The van der Waals surface area contributed by atoms with Gasteiger partial charge in [-0.15, -0.1) is 0 Å². The Bertz CT molecular complexity index is 614. The van der Waals surface area contributed by atoms with E-state index >= 15 is 0 Å². The second kappa shape index (κ2) is 7.92. The molecule has 7 heteroatoms. The molecular weight excluding hydrogens is 306 g/mol. The van der Waals surface area contributed by atoms with Gasteiger partial charge in [0.1, 0.15) is 11.9 Å². The monoisotopic (exact) mass is 331 g/mol. The molecule has 1 saturated heterocycles. The third kappa shape index (κ3) is 4.11. The smallest absolute Gasteiger partial charge is 0.243 e. The van der Waals surface area contributed by atoms with Crippen LogP contribution in [-0.4, -0.2) is 41.2 Å². The lowest BCUT2D eigenvalue weighted by Crippen LogP contribution is -2.50. The summed E-state index contributed by atoms with van der Waals surface area (Å²) in [6.07, 6.45) is 2.04. The second-order valence-electron chi connectivity index (χ2n) is 6.03. The molecule has 2 amide bonds. The maximum Gasteiger partial charge on any atom is 0.243 e. The lowest BCUT2D eigenvalue weighted by Gasteiger charge is -2.26. The Labute approximate surface area is 141 Å². The van der Waals surface area contributed by atoms with E-state index in [1.54, 1.807) is 17.0 Å². The van der Waals surface area contributed by atoms with E-state index < -0.39 is 12.1 Å². The van der Waals surface area contributed by atoms with Crippen molar-refractivity contribution < 1.29 is 9.59 Å². The number of nitrogens with two attached hydrogens (primary N) is 2. The summed E-state index contributed by atoms with van der Waals surface area (Å²) in [5.41, 5.74) is 12.8. The lowest BCUT2D eigenvalue weighted by atomic mass is 10.1. The average Bonchev–Trinajstić information content (AvgIpc) is 3.08. The number of amides is 2. The summed E-state index contributed by atoms with van der Waals surface area (Å²) in [5, 5.41) is 10.2. The minimum Gasteiger partial charge on any atom is -0.384 e. The number of nitrogens with one attached hydrogen (secondary N) is 2. The lowest BCUT2D eigenvalue weighted by molar-refractivity contribution is -0.139. The first-order valence-electron chi connectivity index (χ1n) is 8.21. The van der Waals surface area contributed by atoms with E-state index in [-0.39, 0.29) is 17.6 Å². The van der Waals surface area contributed by atoms with Crippen LogP contribution in [0.15, 0.2) is 24.3 Å². The van der Waals surface area contributed by atoms with Crippen molar-refractivity contribution in [3.05, 3.63) is 35.4 Å². The van der Waals surface area contributed by atoms with E-state index in [0.717, 1.165) is 12.0 Å². The summed E-state index contributed by atoms with van der Waals surface area (Å²) in [5.74, 6) is -0.293. The van der Waals surface area contributed by atoms with E-state index in [2.05, 4.69) is 5.32 Å². The molecule has 1 aliphatic rings. The highest BCUT2D eigenvalue weighted by molar-refractivity contribution is 5.95. The van der Waals surface area contributed by atoms with Gasteiger partial charge in [-0.3, -0.25) is 15.0 Å². The molecule has 7 nitrogen and oxygen atoms in total. The zero-order chi connectivity index (χ0) is 17.7. The molecule has 0 radical (unpaired) electrons. The van der Waals surface area contributed by atoms with E-state index in [0.29, 0.717) is 31.5 Å². The molecule has 1 heterocycles. The van der Waals surface area contributed by atoms with Crippen molar-refractivity contribution in [3.8, 4) is 0 Å². The Kier molecular flexibility index (Phi) is 5.92. The third-order valence-electron chi connectivity index (χ3n) is 4.33. The first-order chi connectivity index (χ1) is 11.4. The average molecular weight is 331 g/mol. The van der Waals surface area contributed by atoms with Crippen molar-refractivity contribution >= 4 is 17.6 Å². The Morgan fingerprint density at radius 1 is 1.38 bits per heavy atom. The molecule has 0 aromatic heterocycles. The van der Waals surface area contributed by atoms with Crippen LogP contribution in [0.3, 0.4) is 0 Å². The van der Waals surface area contributed by atoms with Crippen LogP contribution >= 0.6 is 0 Å². The van der Waals surface area contributed by atoms with Gasteiger partial charge >= 0.3 is 0 Å². The SMILES string of the molecule is CCC(N)C(=O)N1CCC[C@H]1C(=O)NCc1ccc(C(=N)N)cc1. The minimum absolute atomic E-state index is 0.0120. The van der Waals surface area contributed by atoms with E-state index in [4.69, 9.17) is 16.9 Å². The molecule has 0 saturated carbocycles. The molecule has 0 aliphatic carbocycles. The van der Waals surface area contributed by atoms with Crippen molar-refractivity contribution in [1.82, 2.24) is 10.2 Å². The number of benzene rings is 1. The zero-order valence-electron chi connectivity index (χ0n) is 13.9. The number of likely N-dealkylation sites (tertiary alicyclic amines) is 1. The second-order valence-corrected chi connectivity index (χ2v) is 6.03. The Morgan fingerprint density at radius 3 is 2.62 bits per heavy atom. The van der Waals surface area contributed by atoms with Gasteiger partial charge in [-0.05, 0) is 24.8 Å². The topological polar surface area (TPSA) is 125 Å². The summed E-state index contributed by atoms with van der Waals surface area (Å²) in [6.45, 7) is 2.81. The van der Waals surface area contributed by atoms with Crippen LogP contribution in [-0.2, 0) is 16.1 Å². The van der Waals surface area contributed by atoms with Gasteiger partial charge in [0.2, 0.25) is 11.8 Å². The van der Waals surface area contributed by atoms with Gasteiger partial charge in [-0.2, -0.15) is 0 Å². The molecule has 24 heavy (non-hydrogen) atoms. The van der Waals surface area contributed by atoms with Crippen LogP contribution in [0.4, 0.5) is 0 Å². The van der Waals surface area contributed by atoms with E-state index in [9.17, 15) is 9.59 Å². The highest BCUT2D eigenvalue weighted by Gasteiger charge is 2.35. The summed E-state index contributed by atoms with van der Waals surface area (Å²) in [7, 11) is 0.